The number of nitrogens with zero attached hydrogens (tertiary/aromatic N) is 1. The molecule has 120 valence electrons. The molecule has 1 aromatic rings. The first-order valence-corrected chi connectivity index (χ1v) is 6.47. The van der Waals surface area contributed by atoms with E-state index in [9.17, 15) is 27.6 Å². The van der Waals surface area contributed by atoms with Crippen LogP contribution in [0.3, 0.4) is 0 Å². The number of carboxylic acid groups (broad SMARTS) is 1. The van der Waals surface area contributed by atoms with Crippen LogP contribution in [-0.2, 0) is 16.0 Å². The summed E-state index contributed by atoms with van der Waals surface area (Å²) >= 11 is 0. The highest BCUT2D eigenvalue weighted by Gasteiger charge is 2.40. The minimum Gasteiger partial charge on any atom is -0.478 e. The second-order valence-corrected chi connectivity index (χ2v) is 5.04. The Morgan fingerprint density at radius 1 is 1.41 bits per heavy atom. The molecule has 0 radical (unpaired) electrons. The average Bonchev–Trinajstić information content (AvgIpc) is 2.96. The van der Waals surface area contributed by atoms with E-state index < -0.39 is 35.9 Å². The number of rotatable bonds is 4. The van der Waals surface area contributed by atoms with Gasteiger partial charge in [-0.05, 0) is 25.8 Å². The quantitative estimate of drug-likeness (QED) is 0.819. The maximum atomic E-state index is 12.4. The second kappa shape index (κ2) is 5.47. The molecule has 1 aliphatic rings. The summed E-state index contributed by atoms with van der Waals surface area (Å²) in [5.41, 5.74) is 0.418. The molecule has 0 saturated heterocycles. The Morgan fingerprint density at radius 2 is 2.05 bits per heavy atom. The Bertz CT molecular complexity index is 636. The SMILES string of the molecule is CC(NC(=O)C(=O)[C@@H]1CCc2c(C(=O)O)ccn21)C(F)(F)F. The van der Waals surface area contributed by atoms with Gasteiger partial charge in [0.2, 0.25) is 5.78 Å². The molecule has 9 heteroatoms. The number of alkyl halides is 3. The van der Waals surface area contributed by atoms with Crippen LogP contribution in [0.15, 0.2) is 12.3 Å². The number of carbonyl (C=O) groups excluding carboxylic acids is 2. The summed E-state index contributed by atoms with van der Waals surface area (Å²) in [6, 6.07) is -1.81. The van der Waals surface area contributed by atoms with Crippen LogP contribution < -0.4 is 5.32 Å². The number of fused-ring (bicyclic) bond motifs is 1. The summed E-state index contributed by atoms with van der Waals surface area (Å²) in [6.07, 6.45) is -2.83. The fraction of sp³-hybridized carbons (Fsp3) is 0.462. The average molecular weight is 318 g/mol. The van der Waals surface area contributed by atoms with Crippen molar-refractivity contribution >= 4 is 17.7 Å². The molecule has 0 aliphatic carbocycles. The number of hydrogen-bond acceptors (Lipinski definition) is 3. The van der Waals surface area contributed by atoms with Gasteiger partial charge in [0.1, 0.15) is 12.1 Å². The molecule has 1 unspecified atom stereocenters. The van der Waals surface area contributed by atoms with Gasteiger partial charge in [0.15, 0.2) is 0 Å². The van der Waals surface area contributed by atoms with Crippen molar-refractivity contribution in [3.8, 4) is 0 Å². The molecule has 2 heterocycles. The molecule has 1 aromatic heterocycles. The van der Waals surface area contributed by atoms with Crippen molar-refractivity contribution in [1.29, 1.82) is 0 Å². The summed E-state index contributed by atoms with van der Waals surface area (Å²) < 4.78 is 38.5. The smallest absolute Gasteiger partial charge is 0.408 e. The van der Waals surface area contributed by atoms with Gasteiger partial charge in [0, 0.05) is 11.9 Å². The Morgan fingerprint density at radius 3 is 2.59 bits per heavy atom. The van der Waals surface area contributed by atoms with Crippen LogP contribution in [0.5, 0.6) is 0 Å². The highest BCUT2D eigenvalue weighted by atomic mass is 19.4. The van der Waals surface area contributed by atoms with Gasteiger partial charge in [-0.3, -0.25) is 9.59 Å². The van der Waals surface area contributed by atoms with Gasteiger partial charge in [-0.2, -0.15) is 13.2 Å². The van der Waals surface area contributed by atoms with Crippen molar-refractivity contribution in [3.63, 3.8) is 0 Å². The van der Waals surface area contributed by atoms with Crippen molar-refractivity contribution < 1.29 is 32.7 Å². The largest absolute Gasteiger partial charge is 0.478 e. The number of aromatic carboxylic acids is 1. The molecule has 2 atom stereocenters. The molecule has 2 N–H and O–H groups in total. The molecular formula is C13H13F3N2O4. The van der Waals surface area contributed by atoms with Gasteiger partial charge < -0.3 is 15.0 Å². The Hall–Kier alpha value is -2.32. The molecule has 0 bridgehead atoms. The van der Waals surface area contributed by atoms with Crippen LogP contribution in [0.4, 0.5) is 13.2 Å². The number of amides is 1. The number of carbonyl (C=O) groups is 3. The fourth-order valence-corrected chi connectivity index (χ4v) is 2.40. The summed E-state index contributed by atoms with van der Waals surface area (Å²) in [4.78, 5) is 34.6. The van der Waals surface area contributed by atoms with Gasteiger partial charge in [0.05, 0.1) is 5.56 Å². The van der Waals surface area contributed by atoms with Crippen LogP contribution in [0.2, 0.25) is 0 Å². The molecule has 1 aliphatic heterocycles. The number of nitrogens with one attached hydrogen (secondary N) is 1. The highest BCUT2D eigenvalue weighted by molar-refractivity contribution is 6.37. The van der Waals surface area contributed by atoms with E-state index in [1.54, 1.807) is 5.32 Å². The molecule has 0 aromatic carbocycles. The predicted molar refractivity (Wildman–Crippen MR) is 67.4 cm³/mol. The number of halogens is 3. The lowest BCUT2D eigenvalue weighted by Crippen LogP contribution is -2.47. The van der Waals surface area contributed by atoms with Gasteiger partial charge in [-0.1, -0.05) is 0 Å². The van der Waals surface area contributed by atoms with E-state index in [0.29, 0.717) is 5.69 Å². The molecule has 22 heavy (non-hydrogen) atoms. The molecule has 0 saturated carbocycles. The van der Waals surface area contributed by atoms with Crippen LogP contribution >= 0.6 is 0 Å². The van der Waals surface area contributed by atoms with Crippen molar-refractivity contribution in [3.05, 3.63) is 23.5 Å². The minimum atomic E-state index is -4.64. The summed E-state index contributed by atoms with van der Waals surface area (Å²) in [5.74, 6) is -3.49. The van der Waals surface area contributed by atoms with Gasteiger partial charge in [-0.25, -0.2) is 4.79 Å². The minimum absolute atomic E-state index is 0.0272. The summed E-state index contributed by atoms with van der Waals surface area (Å²) in [7, 11) is 0. The van der Waals surface area contributed by atoms with E-state index in [2.05, 4.69) is 0 Å². The van der Waals surface area contributed by atoms with Gasteiger partial charge >= 0.3 is 12.1 Å². The first-order valence-electron chi connectivity index (χ1n) is 6.47. The first kappa shape index (κ1) is 16.1. The summed E-state index contributed by atoms with van der Waals surface area (Å²) in [6.45, 7) is 0.740. The Labute approximate surface area is 122 Å². The lowest BCUT2D eigenvalue weighted by Gasteiger charge is -2.18. The highest BCUT2D eigenvalue weighted by Crippen LogP contribution is 2.30. The molecule has 0 fully saturated rings. The fourth-order valence-electron chi connectivity index (χ4n) is 2.40. The number of ketones is 1. The molecule has 6 nitrogen and oxygen atoms in total. The Kier molecular flexibility index (Phi) is 3.99. The third-order valence-corrected chi connectivity index (χ3v) is 3.61. The lowest BCUT2D eigenvalue weighted by molar-refractivity contribution is -0.160. The summed E-state index contributed by atoms with van der Waals surface area (Å²) in [5, 5.41) is 10.6. The zero-order valence-electron chi connectivity index (χ0n) is 11.5. The first-order chi connectivity index (χ1) is 10.1. The van der Waals surface area contributed by atoms with E-state index in [1.165, 1.54) is 16.8 Å². The van der Waals surface area contributed by atoms with Crippen LogP contribution in [0.25, 0.3) is 0 Å². The molecule has 1 amide bonds. The number of aromatic nitrogens is 1. The van der Waals surface area contributed by atoms with Crippen LogP contribution in [0.1, 0.15) is 35.4 Å². The maximum absolute atomic E-state index is 12.4. The molecule has 2 rings (SSSR count). The monoisotopic (exact) mass is 318 g/mol. The van der Waals surface area contributed by atoms with Gasteiger partial charge in [0.25, 0.3) is 5.91 Å². The lowest BCUT2D eigenvalue weighted by atomic mass is 10.1. The topological polar surface area (TPSA) is 88.4 Å². The zero-order valence-corrected chi connectivity index (χ0v) is 11.5. The standard InChI is InChI=1S/C13H13F3N2O4/c1-6(13(14,15)16)17-11(20)10(19)9-3-2-8-7(12(21)22)4-5-18(8)9/h4-6,9H,2-3H2,1H3,(H,17,20)(H,21,22)/t6?,9-/m0/s1. The maximum Gasteiger partial charge on any atom is 0.408 e. The van der Waals surface area contributed by atoms with E-state index in [0.717, 1.165) is 6.92 Å². The van der Waals surface area contributed by atoms with E-state index in [4.69, 9.17) is 5.11 Å². The van der Waals surface area contributed by atoms with Crippen LogP contribution in [-0.4, -0.2) is 39.6 Å². The second-order valence-electron chi connectivity index (χ2n) is 5.04. The van der Waals surface area contributed by atoms with Crippen molar-refractivity contribution in [1.82, 2.24) is 9.88 Å². The number of carboxylic acids is 1. The third-order valence-electron chi connectivity index (χ3n) is 3.61. The number of hydrogen-bond donors (Lipinski definition) is 2. The predicted octanol–water partition coefficient (Wildman–Crippen LogP) is 1.31. The van der Waals surface area contributed by atoms with Crippen LogP contribution in [0, 0.1) is 0 Å². The van der Waals surface area contributed by atoms with E-state index in [1.807, 2.05) is 0 Å². The van der Waals surface area contributed by atoms with E-state index >= 15 is 0 Å². The van der Waals surface area contributed by atoms with Crippen molar-refractivity contribution in [2.24, 2.45) is 0 Å². The normalized spacial score (nSPS) is 18.6. The van der Waals surface area contributed by atoms with E-state index in [-0.39, 0.29) is 18.4 Å². The molecule has 0 spiro atoms. The zero-order chi connectivity index (χ0) is 16.7. The third kappa shape index (κ3) is 2.83. The van der Waals surface area contributed by atoms with Crippen molar-refractivity contribution in [2.75, 3.05) is 0 Å². The van der Waals surface area contributed by atoms with Gasteiger partial charge in [-0.15, -0.1) is 0 Å². The van der Waals surface area contributed by atoms with Crippen molar-refractivity contribution in [2.45, 2.75) is 38.0 Å². The Balaban J connectivity index is 2.13. The number of Topliss-reactive ketones (excluding diaryl/α,β-unsaturated/α-hetero) is 1. The molecular weight excluding hydrogens is 305 g/mol.